The van der Waals surface area contributed by atoms with Crippen molar-refractivity contribution in [2.24, 2.45) is 0 Å². The van der Waals surface area contributed by atoms with Gasteiger partial charge in [-0.3, -0.25) is 4.79 Å². The van der Waals surface area contributed by atoms with Crippen LogP contribution in [0.2, 0.25) is 5.02 Å². The van der Waals surface area contributed by atoms with Gasteiger partial charge < -0.3 is 14.8 Å². The normalized spacial score (nSPS) is 16.0. The minimum absolute atomic E-state index is 0.0864. The molecule has 1 amide bonds. The van der Waals surface area contributed by atoms with Gasteiger partial charge in [0.2, 0.25) is 15.7 Å². The largest absolute Gasteiger partial charge is 0.493 e. The Bertz CT molecular complexity index is 1220. The van der Waals surface area contributed by atoms with Crippen LogP contribution in [-0.4, -0.2) is 28.5 Å². The first-order valence-corrected chi connectivity index (χ1v) is 11.7. The lowest BCUT2D eigenvalue weighted by Gasteiger charge is -2.24. The quantitative estimate of drug-likeness (QED) is 0.591. The standard InChI is InChI=1S/C21H18ClNO5S2/c1-27-16-8-3-12(9-17(16)28-2)15-10-19(24)23-20-18(11-29-21(15)20)30(25,26)14-6-4-13(22)5-7-14/h3-9,11,15H,10H2,1-2H3,(H,23,24)/t15-/m0/s1. The highest BCUT2D eigenvalue weighted by Gasteiger charge is 2.34. The van der Waals surface area contributed by atoms with Crippen LogP contribution in [0, 0.1) is 0 Å². The molecular weight excluding hydrogens is 446 g/mol. The number of amides is 1. The van der Waals surface area contributed by atoms with Gasteiger partial charge in [-0.15, -0.1) is 11.3 Å². The number of hydrogen-bond donors (Lipinski definition) is 1. The first-order valence-electron chi connectivity index (χ1n) is 8.99. The molecule has 1 aliphatic heterocycles. The molecule has 0 saturated carbocycles. The molecule has 0 bridgehead atoms. The van der Waals surface area contributed by atoms with Crippen LogP contribution in [0.5, 0.6) is 11.5 Å². The summed E-state index contributed by atoms with van der Waals surface area (Å²) < 4.78 is 37.0. The fraction of sp³-hybridized carbons (Fsp3) is 0.190. The lowest BCUT2D eigenvalue weighted by atomic mass is 9.90. The average molecular weight is 464 g/mol. The Balaban J connectivity index is 1.80. The maximum atomic E-state index is 13.2. The minimum Gasteiger partial charge on any atom is -0.493 e. The second-order valence-electron chi connectivity index (χ2n) is 6.72. The Hall–Kier alpha value is -2.55. The van der Waals surface area contributed by atoms with Crippen molar-refractivity contribution in [3.63, 3.8) is 0 Å². The number of halogens is 1. The van der Waals surface area contributed by atoms with E-state index in [-0.39, 0.29) is 28.0 Å². The predicted octanol–water partition coefficient (Wildman–Crippen LogP) is 4.73. The zero-order valence-corrected chi connectivity index (χ0v) is 18.5. The number of benzene rings is 2. The molecule has 0 spiro atoms. The highest BCUT2D eigenvalue weighted by Crippen LogP contribution is 2.47. The van der Waals surface area contributed by atoms with E-state index < -0.39 is 9.84 Å². The summed E-state index contributed by atoms with van der Waals surface area (Å²) in [6.07, 6.45) is 0.212. The number of anilines is 1. The highest BCUT2D eigenvalue weighted by atomic mass is 35.5. The number of rotatable bonds is 5. The van der Waals surface area contributed by atoms with E-state index >= 15 is 0 Å². The Morgan fingerprint density at radius 3 is 2.43 bits per heavy atom. The molecule has 1 aromatic heterocycles. The van der Waals surface area contributed by atoms with Crippen LogP contribution >= 0.6 is 22.9 Å². The minimum atomic E-state index is -3.81. The molecule has 6 nitrogen and oxygen atoms in total. The molecule has 0 unspecified atom stereocenters. The Labute approximate surface area is 183 Å². The van der Waals surface area contributed by atoms with Crippen molar-refractivity contribution < 1.29 is 22.7 Å². The highest BCUT2D eigenvalue weighted by molar-refractivity contribution is 7.91. The fourth-order valence-corrected chi connectivity index (χ4v) is 6.52. The van der Waals surface area contributed by atoms with Crippen molar-refractivity contribution in [1.82, 2.24) is 0 Å². The van der Waals surface area contributed by atoms with Crippen LogP contribution in [0.4, 0.5) is 5.69 Å². The van der Waals surface area contributed by atoms with Crippen molar-refractivity contribution in [2.75, 3.05) is 19.5 Å². The fourth-order valence-electron chi connectivity index (χ4n) is 3.48. The second kappa shape index (κ2) is 7.94. The molecule has 1 atom stereocenters. The summed E-state index contributed by atoms with van der Waals surface area (Å²) in [7, 11) is -0.717. The molecule has 2 heterocycles. The van der Waals surface area contributed by atoms with Gasteiger partial charge in [-0.1, -0.05) is 17.7 Å². The summed E-state index contributed by atoms with van der Waals surface area (Å²) in [5, 5.41) is 4.78. The van der Waals surface area contributed by atoms with E-state index in [4.69, 9.17) is 21.1 Å². The number of carbonyl (C=O) groups excluding carboxylic acids is 1. The third-order valence-electron chi connectivity index (χ3n) is 4.98. The molecule has 0 radical (unpaired) electrons. The molecule has 1 aliphatic rings. The van der Waals surface area contributed by atoms with Gasteiger partial charge in [-0.05, 0) is 42.0 Å². The number of fused-ring (bicyclic) bond motifs is 1. The lowest BCUT2D eigenvalue weighted by molar-refractivity contribution is -0.116. The van der Waals surface area contributed by atoms with Crippen molar-refractivity contribution in [3.05, 3.63) is 63.3 Å². The number of carbonyl (C=O) groups is 1. The topological polar surface area (TPSA) is 81.7 Å². The number of methoxy groups -OCH3 is 2. The maximum absolute atomic E-state index is 13.2. The van der Waals surface area contributed by atoms with E-state index in [1.165, 1.54) is 35.6 Å². The summed E-state index contributed by atoms with van der Waals surface area (Å²) in [6.45, 7) is 0. The van der Waals surface area contributed by atoms with Crippen LogP contribution in [0.1, 0.15) is 22.8 Å². The van der Waals surface area contributed by atoms with Gasteiger partial charge in [0.1, 0.15) is 4.90 Å². The van der Waals surface area contributed by atoms with E-state index in [0.29, 0.717) is 22.2 Å². The van der Waals surface area contributed by atoms with Gasteiger partial charge in [0.05, 0.1) is 24.8 Å². The molecule has 4 rings (SSSR count). The van der Waals surface area contributed by atoms with Crippen LogP contribution in [0.3, 0.4) is 0 Å². The second-order valence-corrected chi connectivity index (χ2v) is 9.98. The van der Waals surface area contributed by atoms with Gasteiger partial charge in [0.25, 0.3) is 0 Å². The third kappa shape index (κ3) is 3.55. The zero-order valence-electron chi connectivity index (χ0n) is 16.1. The Kier molecular flexibility index (Phi) is 5.48. The Morgan fingerprint density at radius 1 is 1.07 bits per heavy atom. The summed E-state index contributed by atoms with van der Waals surface area (Å²) in [5.74, 6) is 0.605. The van der Waals surface area contributed by atoms with E-state index in [1.54, 1.807) is 25.7 Å². The molecule has 0 aliphatic carbocycles. The van der Waals surface area contributed by atoms with Crippen LogP contribution in [0.15, 0.2) is 57.6 Å². The van der Waals surface area contributed by atoms with E-state index in [2.05, 4.69) is 5.32 Å². The van der Waals surface area contributed by atoms with Crippen LogP contribution < -0.4 is 14.8 Å². The Morgan fingerprint density at radius 2 is 1.77 bits per heavy atom. The smallest absolute Gasteiger partial charge is 0.225 e. The number of nitrogens with one attached hydrogen (secondary N) is 1. The molecule has 0 fully saturated rings. The van der Waals surface area contributed by atoms with Crippen molar-refractivity contribution in [3.8, 4) is 11.5 Å². The van der Waals surface area contributed by atoms with Gasteiger partial charge in [-0.25, -0.2) is 8.42 Å². The van der Waals surface area contributed by atoms with E-state index in [1.807, 2.05) is 12.1 Å². The molecule has 2 aromatic carbocycles. The molecular formula is C21H18ClNO5S2. The number of thiophene rings is 1. The monoisotopic (exact) mass is 463 g/mol. The molecule has 9 heteroatoms. The molecule has 0 saturated heterocycles. The zero-order chi connectivity index (χ0) is 21.5. The average Bonchev–Trinajstić information content (AvgIpc) is 3.17. The van der Waals surface area contributed by atoms with E-state index in [0.717, 1.165) is 10.4 Å². The predicted molar refractivity (Wildman–Crippen MR) is 116 cm³/mol. The summed E-state index contributed by atoms with van der Waals surface area (Å²) in [5.41, 5.74) is 1.19. The molecule has 3 aromatic rings. The van der Waals surface area contributed by atoms with Gasteiger partial charge in [-0.2, -0.15) is 0 Å². The van der Waals surface area contributed by atoms with Crippen LogP contribution in [0.25, 0.3) is 0 Å². The number of ether oxygens (including phenoxy) is 2. The molecule has 156 valence electrons. The maximum Gasteiger partial charge on any atom is 0.225 e. The SMILES string of the molecule is COc1ccc([C@@H]2CC(=O)Nc3c(S(=O)(=O)c4ccc(Cl)cc4)csc32)cc1OC. The van der Waals surface area contributed by atoms with Gasteiger partial charge in [0.15, 0.2) is 11.5 Å². The van der Waals surface area contributed by atoms with Crippen molar-refractivity contribution in [1.29, 1.82) is 0 Å². The van der Waals surface area contributed by atoms with Gasteiger partial charge in [0, 0.05) is 27.6 Å². The summed E-state index contributed by atoms with van der Waals surface area (Å²) in [4.78, 5) is 13.5. The van der Waals surface area contributed by atoms with Crippen molar-refractivity contribution >= 4 is 44.4 Å². The first kappa shape index (κ1) is 20.7. The van der Waals surface area contributed by atoms with Crippen molar-refractivity contribution in [2.45, 2.75) is 22.1 Å². The lowest BCUT2D eigenvalue weighted by Crippen LogP contribution is -2.23. The van der Waals surface area contributed by atoms with E-state index in [9.17, 15) is 13.2 Å². The third-order valence-corrected chi connectivity index (χ3v) is 8.27. The number of hydrogen-bond acceptors (Lipinski definition) is 6. The summed E-state index contributed by atoms with van der Waals surface area (Å²) in [6, 6.07) is 11.4. The molecule has 30 heavy (non-hydrogen) atoms. The molecule has 1 N–H and O–H groups in total. The van der Waals surface area contributed by atoms with Crippen LogP contribution in [-0.2, 0) is 14.6 Å². The summed E-state index contributed by atoms with van der Waals surface area (Å²) >= 11 is 7.20. The van der Waals surface area contributed by atoms with Gasteiger partial charge >= 0.3 is 0 Å². The number of sulfone groups is 1. The first-order chi connectivity index (χ1) is 14.3.